The summed E-state index contributed by atoms with van der Waals surface area (Å²) in [4.78, 5) is 0. The SMILES string of the molecule is CCCSCC(NCC)c1occc1Br. The summed E-state index contributed by atoms with van der Waals surface area (Å²) in [6, 6.07) is 2.26. The largest absolute Gasteiger partial charge is 0.466 e. The molecular formula is C11H18BrNOS. The molecule has 0 saturated carbocycles. The van der Waals surface area contributed by atoms with Gasteiger partial charge in [-0.05, 0) is 40.7 Å². The first-order chi connectivity index (χ1) is 7.29. The van der Waals surface area contributed by atoms with Gasteiger partial charge in [-0.3, -0.25) is 0 Å². The van der Waals surface area contributed by atoms with Gasteiger partial charge < -0.3 is 9.73 Å². The standard InChI is InChI=1S/C11H18BrNOS/c1-3-7-15-8-10(13-4-2)11-9(12)5-6-14-11/h5-6,10,13H,3-4,7-8H2,1-2H3. The molecule has 0 amide bonds. The molecule has 0 spiro atoms. The van der Waals surface area contributed by atoms with Crippen molar-refractivity contribution in [2.45, 2.75) is 26.3 Å². The van der Waals surface area contributed by atoms with Gasteiger partial charge >= 0.3 is 0 Å². The summed E-state index contributed by atoms with van der Waals surface area (Å²) in [5.74, 6) is 3.29. The molecule has 0 aliphatic rings. The molecule has 0 aromatic carbocycles. The maximum Gasteiger partial charge on any atom is 0.135 e. The zero-order chi connectivity index (χ0) is 11.1. The van der Waals surface area contributed by atoms with E-state index in [1.165, 1.54) is 12.2 Å². The average molecular weight is 292 g/mol. The molecule has 1 heterocycles. The summed E-state index contributed by atoms with van der Waals surface area (Å²) >= 11 is 5.47. The first kappa shape index (κ1) is 13.1. The number of hydrogen-bond donors (Lipinski definition) is 1. The molecule has 1 rings (SSSR count). The summed E-state index contributed by atoms with van der Waals surface area (Å²) in [7, 11) is 0. The van der Waals surface area contributed by atoms with Crippen molar-refractivity contribution in [2.24, 2.45) is 0 Å². The van der Waals surface area contributed by atoms with Crippen molar-refractivity contribution in [3.63, 3.8) is 0 Å². The van der Waals surface area contributed by atoms with Crippen molar-refractivity contribution in [3.8, 4) is 0 Å². The fourth-order valence-corrected chi connectivity index (χ4v) is 2.81. The van der Waals surface area contributed by atoms with E-state index in [1.54, 1.807) is 6.26 Å². The quantitative estimate of drug-likeness (QED) is 0.773. The molecule has 0 bridgehead atoms. The van der Waals surface area contributed by atoms with Crippen molar-refractivity contribution in [2.75, 3.05) is 18.1 Å². The minimum Gasteiger partial charge on any atom is -0.466 e. The number of thioether (sulfide) groups is 1. The van der Waals surface area contributed by atoms with Gasteiger partial charge in [0.15, 0.2) is 0 Å². The average Bonchev–Trinajstić information content (AvgIpc) is 2.64. The van der Waals surface area contributed by atoms with Gasteiger partial charge in [0.05, 0.1) is 16.8 Å². The number of rotatable bonds is 7. The Morgan fingerprint density at radius 3 is 2.87 bits per heavy atom. The highest BCUT2D eigenvalue weighted by Crippen LogP contribution is 2.27. The molecule has 1 unspecified atom stereocenters. The molecular weight excluding hydrogens is 274 g/mol. The van der Waals surface area contributed by atoms with Crippen molar-refractivity contribution in [1.82, 2.24) is 5.32 Å². The topological polar surface area (TPSA) is 25.2 Å². The Morgan fingerprint density at radius 1 is 1.53 bits per heavy atom. The van der Waals surface area contributed by atoms with Crippen molar-refractivity contribution < 1.29 is 4.42 Å². The van der Waals surface area contributed by atoms with E-state index in [9.17, 15) is 0 Å². The van der Waals surface area contributed by atoms with Crippen LogP contribution in [0.3, 0.4) is 0 Å². The normalized spacial score (nSPS) is 13.0. The Balaban J connectivity index is 2.53. The second kappa shape index (κ2) is 7.36. The lowest BCUT2D eigenvalue weighted by Crippen LogP contribution is -2.23. The van der Waals surface area contributed by atoms with Crippen LogP contribution < -0.4 is 5.32 Å². The van der Waals surface area contributed by atoms with Crippen LogP contribution in [-0.2, 0) is 0 Å². The highest BCUT2D eigenvalue weighted by molar-refractivity contribution is 9.10. The van der Waals surface area contributed by atoms with Gasteiger partial charge in [-0.15, -0.1) is 0 Å². The smallest absolute Gasteiger partial charge is 0.135 e. The maximum absolute atomic E-state index is 5.49. The molecule has 0 radical (unpaired) electrons. The van der Waals surface area contributed by atoms with Crippen LogP contribution in [0.5, 0.6) is 0 Å². The predicted octanol–water partition coefficient (Wildman–Crippen LogP) is 3.84. The minimum absolute atomic E-state index is 0.316. The monoisotopic (exact) mass is 291 g/mol. The van der Waals surface area contributed by atoms with Gasteiger partial charge in [-0.2, -0.15) is 11.8 Å². The van der Waals surface area contributed by atoms with Gasteiger partial charge in [-0.1, -0.05) is 13.8 Å². The van der Waals surface area contributed by atoms with E-state index in [2.05, 4.69) is 35.1 Å². The van der Waals surface area contributed by atoms with Gasteiger partial charge in [0.2, 0.25) is 0 Å². The fraction of sp³-hybridized carbons (Fsp3) is 0.636. The summed E-state index contributed by atoms with van der Waals surface area (Å²) < 4.78 is 6.55. The van der Waals surface area contributed by atoms with E-state index in [1.807, 2.05) is 17.8 Å². The third-order valence-electron chi connectivity index (χ3n) is 2.04. The molecule has 4 heteroatoms. The van der Waals surface area contributed by atoms with Gasteiger partial charge in [0.25, 0.3) is 0 Å². The summed E-state index contributed by atoms with van der Waals surface area (Å²) in [6.45, 7) is 5.29. The van der Waals surface area contributed by atoms with E-state index in [4.69, 9.17) is 4.42 Å². The van der Waals surface area contributed by atoms with Crippen LogP contribution in [0.2, 0.25) is 0 Å². The van der Waals surface area contributed by atoms with E-state index in [0.29, 0.717) is 6.04 Å². The van der Waals surface area contributed by atoms with E-state index in [-0.39, 0.29) is 0 Å². The zero-order valence-electron chi connectivity index (χ0n) is 9.25. The van der Waals surface area contributed by atoms with Crippen molar-refractivity contribution in [3.05, 3.63) is 22.6 Å². The highest BCUT2D eigenvalue weighted by atomic mass is 79.9. The van der Waals surface area contributed by atoms with Crippen molar-refractivity contribution in [1.29, 1.82) is 0 Å². The molecule has 1 N–H and O–H groups in total. The lowest BCUT2D eigenvalue weighted by atomic mass is 10.2. The third kappa shape index (κ3) is 4.21. The molecule has 1 aromatic rings. The van der Waals surface area contributed by atoms with Crippen LogP contribution in [-0.4, -0.2) is 18.1 Å². The second-order valence-corrected chi connectivity index (χ2v) is 5.32. The Bertz CT molecular complexity index is 277. The minimum atomic E-state index is 0.316. The molecule has 0 saturated heterocycles. The van der Waals surface area contributed by atoms with E-state index >= 15 is 0 Å². The van der Waals surface area contributed by atoms with Gasteiger partial charge in [0.1, 0.15) is 5.76 Å². The fourth-order valence-electron chi connectivity index (χ4n) is 1.37. The van der Waals surface area contributed by atoms with Crippen LogP contribution in [0, 0.1) is 0 Å². The summed E-state index contributed by atoms with van der Waals surface area (Å²) in [5, 5.41) is 3.44. The summed E-state index contributed by atoms with van der Waals surface area (Å²) in [5.41, 5.74) is 0. The zero-order valence-corrected chi connectivity index (χ0v) is 11.7. The van der Waals surface area contributed by atoms with Crippen LogP contribution in [0.4, 0.5) is 0 Å². The van der Waals surface area contributed by atoms with E-state index < -0.39 is 0 Å². The van der Waals surface area contributed by atoms with Crippen LogP contribution in [0.25, 0.3) is 0 Å². The molecule has 1 aromatic heterocycles. The third-order valence-corrected chi connectivity index (χ3v) is 3.97. The number of furan rings is 1. The Morgan fingerprint density at radius 2 is 2.33 bits per heavy atom. The van der Waals surface area contributed by atoms with Gasteiger partial charge in [-0.25, -0.2) is 0 Å². The molecule has 0 aliphatic carbocycles. The van der Waals surface area contributed by atoms with Crippen LogP contribution in [0.1, 0.15) is 32.1 Å². The number of halogens is 1. The van der Waals surface area contributed by atoms with Crippen LogP contribution in [0.15, 0.2) is 21.2 Å². The molecule has 15 heavy (non-hydrogen) atoms. The second-order valence-electron chi connectivity index (χ2n) is 3.32. The summed E-state index contributed by atoms with van der Waals surface area (Å²) in [6.07, 6.45) is 2.96. The Labute approximate surface area is 104 Å². The highest BCUT2D eigenvalue weighted by Gasteiger charge is 2.16. The Kier molecular flexibility index (Phi) is 6.45. The molecule has 0 aliphatic heterocycles. The van der Waals surface area contributed by atoms with E-state index in [0.717, 1.165) is 22.5 Å². The predicted molar refractivity (Wildman–Crippen MR) is 70.4 cm³/mol. The molecule has 86 valence electrons. The maximum atomic E-state index is 5.49. The first-order valence-electron chi connectivity index (χ1n) is 5.33. The number of nitrogens with one attached hydrogen (secondary N) is 1. The first-order valence-corrected chi connectivity index (χ1v) is 7.28. The molecule has 0 fully saturated rings. The lowest BCUT2D eigenvalue weighted by Gasteiger charge is -2.15. The lowest BCUT2D eigenvalue weighted by molar-refractivity contribution is 0.438. The van der Waals surface area contributed by atoms with Crippen LogP contribution >= 0.6 is 27.7 Å². The van der Waals surface area contributed by atoms with Crippen molar-refractivity contribution >= 4 is 27.7 Å². The van der Waals surface area contributed by atoms with Gasteiger partial charge in [0, 0.05) is 5.75 Å². The number of hydrogen-bond acceptors (Lipinski definition) is 3. The Hall–Kier alpha value is 0.0700. The molecule has 2 nitrogen and oxygen atoms in total. The molecule has 1 atom stereocenters.